The van der Waals surface area contributed by atoms with Crippen LogP contribution < -0.4 is 5.32 Å². The molecule has 1 rings (SSSR count). The molecule has 0 aliphatic heterocycles. The molecule has 1 atom stereocenters. The zero-order valence-electron chi connectivity index (χ0n) is 15.7. The smallest absolute Gasteiger partial charge is 0.408 e. The number of hydrogen-bond acceptors (Lipinski definition) is 7. The van der Waals surface area contributed by atoms with Crippen LogP contribution in [0.25, 0.3) is 0 Å². The second-order valence-electron chi connectivity index (χ2n) is 6.43. The largest absolute Gasteiger partial charge is 0.467 e. The van der Waals surface area contributed by atoms with Crippen LogP contribution in [0.1, 0.15) is 36.7 Å². The molecule has 1 aromatic carbocycles. The van der Waals surface area contributed by atoms with E-state index in [4.69, 9.17) is 9.47 Å². The second-order valence-corrected chi connectivity index (χ2v) is 6.43. The van der Waals surface area contributed by atoms with Gasteiger partial charge in [-0.25, -0.2) is 14.4 Å². The van der Waals surface area contributed by atoms with Gasteiger partial charge in [-0.3, -0.25) is 0 Å². The molecule has 0 heterocycles. The van der Waals surface area contributed by atoms with E-state index in [1.54, 1.807) is 45.0 Å². The third-order valence-corrected chi connectivity index (χ3v) is 3.10. The molecule has 0 aliphatic carbocycles. The van der Waals surface area contributed by atoms with E-state index in [9.17, 15) is 14.4 Å². The molecular weight excluding hydrogens is 342 g/mol. The van der Waals surface area contributed by atoms with E-state index < -0.39 is 29.7 Å². The number of alkyl carbamates (subject to hydrolysis) is 1. The molecular formula is C18H25NO7. The molecule has 0 saturated heterocycles. The number of rotatable bonds is 7. The predicted molar refractivity (Wildman–Crippen MR) is 92.6 cm³/mol. The van der Waals surface area contributed by atoms with Gasteiger partial charge in [0.2, 0.25) is 0 Å². The van der Waals surface area contributed by atoms with Crippen molar-refractivity contribution in [2.24, 2.45) is 0 Å². The van der Waals surface area contributed by atoms with Crippen LogP contribution in [-0.2, 0) is 30.3 Å². The monoisotopic (exact) mass is 367 g/mol. The number of nitrogens with one attached hydrogen (secondary N) is 1. The quantitative estimate of drug-likeness (QED) is 0.581. The highest BCUT2D eigenvalue weighted by Gasteiger charge is 2.25. The third kappa shape index (κ3) is 7.52. The van der Waals surface area contributed by atoms with Gasteiger partial charge in [0.1, 0.15) is 5.60 Å². The minimum absolute atomic E-state index is 0.0926. The summed E-state index contributed by atoms with van der Waals surface area (Å²) in [6.45, 7) is 5.24. The zero-order chi connectivity index (χ0) is 19.7. The first-order valence-electron chi connectivity index (χ1n) is 7.98. The van der Waals surface area contributed by atoms with Crippen molar-refractivity contribution in [3.05, 3.63) is 35.4 Å². The van der Waals surface area contributed by atoms with Crippen LogP contribution in [-0.4, -0.2) is 50.5 Å². The summed E-state index contributed by atoms with van der Waals surface area (Å²) in [7, 11) is 2.53. The molecule has 0 aromatic heterocycles. The van der Waals surface area contributed by atoms with E-state index in [0.717, 1.165) is 5.56 Å². The van der Waals surface area contributed by atoms with E-state index in [2.05, 4.69) is 14.8 Å². The first-order valence-corrected chi connectivity index (χ1v) is 7.98. The number of amides is 1. The number of carbonyl (C=O) groups is 3. The standard InChI is InChI=1S/C18H25NO7/c1-18(2,3)26-17(22)19-14(16(21)24-5)11-25-10-12-6-8-13(9-7-12)15(20)23-4/h6-9,14H,10-11H2,1-5H3,(H,19,22)/t14-/m0/s1. The van der Waals surface area contributed by atoms with Crippen molar-refractivity contribution >= 4 is 18.0 Å². The van der Waals surface area contributed by atoms with Crippen LogP contribution in [0.15, 0.2) is 24.3 Å². The van der Waals surface area contributed by atoms with Gasteiger partial charge in [0.15, 0.2) is 6.04 Å². The third-order valence-electron chi connectivity index (χ3n) is 3.10. The molecule has 0 aliphatic rings. The summed E-state index contributed by atoms with van der Waals surface area (Å²) < 4.78 is 19.9. The molecule has 26 heavy (non-hydrogen) atoms. The molecule has 144 valence electrons. The lowest BCUT2D eigenvalue weighted by molar-refractivity contribution is -0.145. The topological polar surface area (TPSA) is 100 Å². The molecule has 0 bridgehead atoms. The summed E-state index contributed by atoms with van der Waals surface area (Å²) >= 11 is 0. The van der Waals surface area contributed by atoms with Crippen LogP contribution in [0.2, 0.25) is 0 Å². The number of esters is 2. The summed E-state index contributed by atoms with van der Waals surface area (Å²) in [6, 6.07) is 5.65. The fourth-order valence-electron chi connectivity index (χ4n) is 1.91. The summed E-state index contributed by atoms with van der Waals surface area (Å²) in [4.78, 5) is 35.0. The molecule has 1 amide bonds. The highest BCUT2D eigenvalue weighted by molar-refractivity contribution is 5.89. The van der Waals surface area contributed by atoms with E-state index in [1.165, 1.54) is 14.2 Å². The molecule has 0 unspecified atom stereocenters. The van der Waals surface area contributed by atoms with Gasteiger partial charge in [0, 0.05) is 0 Å². The fourth-order valence-corrected chi connectivity index (χ4v) is 1.91. The first kappa shape index (κ1) is 21.4. The van der Waals surface area contributed by atoms with Crippen molar-refractivity contribution in [3.63, 3.8) is 0 Å². The van der Waals surface area contributed by atoms with Crippen LogP contribution in [0.5, 0.6) is 0 Å². The summed E-state index contributed by atoms with van der Waals surface area (Å²) in [5.41, 5.74) is 0.529. The van der Waals surface area contributed by atoms with E-state index in [0.29, 0.717) is 5.56 Å². The molecule has 8 nitrogen and oxygen atoms in total. The molecule has 0 spiro atoms. The Bertz CT molecular complexity index is 619. The molecule has 0 fully saturated rings. The number of ether oxygens (including phenoxy) is 4. The lowest BCUT2D eigenvalue weighted by atomic mass is 10.1. The van der Waals surface area contributed by atoms with Crippen molar-refractivity contribution < 1.29 is 33.3 Å². The Morgan fingerprint density at radius 1 is 1.04 bits per heavy atom. The fraction of sp³-hybridized carbons (Fsp3) is 0.500. The maximum atomic E-state index is 11.8. The average Bonchev–Trinajstić information content (AvgIpc) is 2.58. The molecule has 1 aromatic rings. The highest BCUT2D eigenvalue weighted by atomic mass is 16.6. The minimum atomic E-state index is -0.996. The summed E-state index contributed by atoms with van der Waals surface area (Å²) in [6.07, 6.45) is -0.737. The van der Waals surface area contributed by atoms with Gasteiger partial charge >= 0.3 is 18.0 Å². The second kappa shape index (κ2) is 9.76. The number of methoxy groups -OCH3 is 2. The number of hydrogen-bond donors (Lipinski definition) is 1. The molecule has 0 saturated carbocycles. The van der Waals surface area contributed by atoms with Crippen molar-refractivity contribution in [2.45, 2.75) is 39.0 Å². The van der Waals surface area contributed by atoms with Crippen LogP contribution in [0.4, 0.5) is 4.79 Å². The van der Waals surface area contributed by atoms with Gasteiger partial charge in [-0.1, -0.05) is 12.1 Å². The van der Waals surface area contributed by atoms with Gasteiger partial charge in [0.25, 0.3) is 0 Å². The van der Waals surface area contributed by atoms with Gasteiger partial charge < -0.3 is 24.3 Å². The van der Waals surface area contributed by atoms with Gasteiger partial charge in [0.05, 0.1) is 33.0 Å². The zero-order valence-corrected chi connectivity index (χ0v) is 15.7. The maximum absolute atomic E-state index is 11.8. The Labute approximate surface area is 152 Å². The lowest BCUT2D eigenvalue weighted by Crippen LogP contribution is -2.46. The summed E-state index contributed by atoms with van der Waals surface area (Å²) in [5.74, 6) is -1.07. The van der Waals surface area contributed by atoms with Crippen molar-refractivity contribution in [3.8, 4) is 0 Å². The van der Waals surface area contributed by atoms with Crippen molar-refractivity contribution in [2.75, 3.05) is 20.8 Å². The average molecular weight is 367 g/mol. The van der Waals surface area contributed by atoms with Gasteiger partial charge in [-0.2, -0.15) is 0 Å². The van der Waals surface area contributed by atoms with Crippen LogP contribution in [0, 0.1) is 0 Å². The van der Waals surface area contributed by atoms with E-state index in [-0.39, 0.29) is 13.2 Å². The lowest BCUT2D eigenvalue weighted by Gasteiger charge is -2.22. The number of carbonyl (C=O) groups excluding carboxylic acids is 3. The number of benzene rings is 1. The minimum Gasteiger partial charge on any atom is -0.467 e. The Morgan fingerprint density at radius 3 is 2.15 bits per heavy atom. The van der Waals surface area contributed by atoms with Crippen LogP contribution in [0.3, 0.4) is 0 Å². The maximum Gasteiger partial charge on any atom is 0.408 e. The van der Waals surface area contributed by atoms with Crippen LogP contribution >= 0.6 is 0 Å². The van der Waals surface area contributed by atoms with Crippen molar-refractivity contribution in [1.29, 1.82) is 0 Å². The summed E-state index contributed by atoms with van der Waals surface area (Å²) in [5, 5.41) is 2.42. The van der Waals surface area contributed by atoms with E-state index in [1.807, 2.05) is 0 Å². The molecule has 1 N–H and O–H groups in total. The van der Waals surface area contributed by atoms with Gasteiger partial charge in [-0.15, -0.1) is 0 Å². The Morgan fingerprint density at radius 2 is 1.65 bits per heavy atom. The Hall–Kier alpha value is -2.61. The van der Waals surface area contributed by atoms with Crippen molar-refractivity contribution in [1.82, 2.24) is 5.32 Å². The Balaban J connectivity index is 2.57. The molecule has 0 radical (unpaired) electrons. The van der Waals surface area contributed by atoms with E-state index >= 15 is 0 Å². The molecule has 8 heteroatoms. The Kier molecular flexibility index (Phi) is 8.05. The van der Waals surface area contributed by atoms with Gasteiger partial charge in [-0.05, 0) is 38.5 Å². The predicted octanol–water partition coefficient (Wildman–Crippen LogP) is 2.06. The SMILES string of the molecule is COC(=O)c1ccc(COC[C@H](NC(=O)OC(C)(C)C)C(=O)OC)cc1. The first-order chi connectivity index (χ1) is 12.2. The highest BCUT2D eigenvalue weighted by Crippen LogP contribution is 2.09. The normalized spacial score (nSPS) is 12.0.